The van der Waals surface area contributed by atoms with Gasteiger partial charge in [0.15, 0.2) is 6.61 Å². The van der Waals surface area contributed by atoms with E-state index in [4.69, 9.17) is 5.11 Å². The van der Waals surface area contributed by atoms with Crippen LogP contribution in [-0.2, 0) is 14.3 Å². The first-order chi connectivity index (χ1) is 12.7. The molecule has 0 atom stereocenters. The Morgan fingerprint density at radius 1 is 0.769 bits per heavy atom. The van der Waals surface area contributed by atoms with Crippen LogP contribution < -0.4 is 0 Å². The van der Waals surface area contributed by atoms with Crippen LogP contribution in [0.2, 0.25) is 0 Å². The highest BCUT2D eigenvalue weighted by atomic mass is 16.5. The Balaban J connectivity index is 3.25. The second-order valence-electron chi connectivity index (χ2n) is 6.74. The van der Waals surface area contributed by atoms with Crippen molar-refractivity contribution < 1.29 is 19.4 Å². The summed E-state index contributed by atoms with van der Waals surface area (Å²) in [6.07, 6.45) is 24.7. The number of carbonyl (C=O) groups is 2. The first-order valence-corrected chi connectivity index (χ1v) is 10.3. The summed E-state index contributed by atoms with van der Waals surface area (Å²) >= 11 is 0. The van der Waals surface area contributed by atoms with Crippen molar-refractivity contribution in [2.75, 3.05) is 6.61 Å². The van der Waals surface area contributed by atoms with Crippen molar-refractivity contribution in [1.82, 2.24) is 0 Å². The smallest absolute Gasteiger partial charge is 0.341 e. The molecule has 0 saturated heterocycles. The van der Waals surface area contributed by atoms with Gasteiger partial charge in [-0.2, -0.15) is 0 Å². The Bertz CT molecular complexity index is 399. The van der Waals surface area contributed by atoms with E-state index in [1.807, 2.05) is 0 Å². The monoisotopic (exact) mass is 366 g/mol. The summed E-state index contributed by atoms with van der Waals surface area (Å²) in [5.41, 5.74) is 0. The number of rotatable bonds is 18. The average Bonchev–Trinajstić information content (AvgIpc) is 2.62. The van der Waals surface area contributed by atoms with Gasteiger partial charge in [-0.3, -0.25) is 4.79 Å². The molecule has 150 valence electrons. The lowest BCUT2D eigenvalue weighted by molar-refractivity contribution is -0.155. The molecule has 0 aromatic carbocycles. The van der Waals surface area contributed by atoms with Gasteiger partial charge in [-0.15, -0.1) is 0 Å². The van der Waals surface area contributed by atoms with Gasteiger partial charge < -0.3 is 9.84 Å². The van der Waals surface area contributed by atoms with Crippen LogP contribution in [0.15, 0.2) is 24.3 Å². The molecule has 0 saturated carbocycles. The van der Waals surface area contributed by atoms with Gasteiger partial charge in [0.25, 0.3) is 0 Å². The molecule has 0 fully saturated rings. The standard InChI is InChI=1S/C22H38O4/c1-2-3-4-5-6-7-8-9-10-11-12-13-14-15-16-17-18-19-22(25)26-20-21(23)24/h6-7,9-10H,2-5,8,11-20H2,1H3,(H,23,24)/b7-6-,10-9-. The minimum absolute atomic E-state index is 0.325. The van der Waals surface area contributed by atoms with Crippen molar-refractivity contribution in [3.8, 4) is 0 Å². The third-order valence-corrected chi connectivity index (χ3v) is 4.19. The number of unbranched alkanes of at least 4 members (excludes halogenated alkanes) is 10. The Kier molecular flexibility index (Phi) is 18.5. The SMILES string of the molecule is CCCCC/C=C\C/C=C\CCCCCCCCCC(=O)OCC(=O)O. The summed E-state index contributed by atoms with van der Waals surface area (Å²) in [6.45, 7) is 1.71. The van der Waals surface area contributed by atoms with E-state index in [9.17, 15) is 9.59 Å². The molecule has 0 rings (SSSR count). The third kappa shape index (κ3) is 20.5. The van der Waals surface area contributed by atoms with E-state index in [1.165, 1.54) is 57.8 Å². The Morgan fingerprint density at radius 3 is 1.88 bits per heavy atom. The predicted octanol–water partition coefficient (Wildman–Crippen LogP) is 6.21. The topological polar surface area (TPSA) is 63.6 Å². The van der Waals surface area contributed by atoms with E-state index >= 15 is 0 Å². The summed E-state index contributed by atoms with van der Waals surface area (Å²) in [5, 5.41) is 8.40. The van der Waals surface area contributed by atoms with E-state index in [0.717, 1.165) is 25.7 Å². The lowest BCUT2D eigenvalue weighted by Gasteiger charge is -2.02. The Labute approximate surface area is 159 Å². The first kappa shape index (κ1) is 24.4. The number of hydrogen-bond acceptors (Lipinski definition) is 3. The zero-order valence-electron chi connectivity index (χ0n) is 16.6. The second kappa shape index (κ2) is 19.7. The fourth-order valence-corrected chi connectivity index (χ4v) is 2.65. The number of hydrogen-bond donors (Lipinski definition) is 1. The zero-order chi connectivity index (χ0) is 19.3. The van der Waals surface area contributed by atoms with Gasteiger partial charge in [-0.1, -0.05) is 76.2 Å². The minimum Gasteiger partial charge on any atom is -0.479 e. The highest BCUT2D eigenvalue weighted by molar-refractivity contribution is 5.75. The number of esters is 1. The fraction of sp³-hybridized carbons (Fsp3) is 0.727. The number of carboxylic acid groups (broad SMARTS) is 1. The van der Waals surface area contributed by atoms with Crippen molar-refractivity contribution in [3.05, 3.63) is 24.3 Å². The summed E-state index contributed by atoms with van der Waals surface area (Å²) in [6, 6.07) is 0. The zero-order valence-corrected chi connectivity index (χ0v) is 16.6. The van der Waals surface area contributed by atoms with E-state index in [0.29, 0.717) is 6.42 Å². The van der Waals surface area contributed by atoms with Crippen molar-refractivity contribution in [3.63, 3.8) is 0 Å². The van der Waals surface area contributed by atoms with Gasteiger partial charge in [-0.25, -0.2) is 4.79 Å². The molecular weight excluding hydrogens is 328 g/mol. The molecule has 0 amide bonds. The van der Waals surface area contributed by atoms with Crippen molar-refractivity contribution in [2.24, 2.45) is 0 Å². The molecule has 0 aliphatic heterocycles. The molecule has 4 nitrogen and oxygen atoms in total. The molecular formula is C22H38O4. The van der Waals surface area contributed by atoms with Crippen LogP contribution >= 0.6 is 0 Å². The van der Waals surface area contributed by atoms with E-state index in [-0.39, 0.29) is 0 Å². The third-order valence-electron chi connectivity index (χ3n) is 4.19. The number of ether oxygens (including phenoxy) is 1. The molecule has 0 aliphatic rings. The van der Waals surface area contributed by atoms with E-state index in [2.05, 4.69) is 36.0 Å². The van der Waals surface area contributed by atoms with Crippen LogP contribution in [0, 0.1) is 0 Å². The molecule has 26 heavy (non-hydrogen) atoms. The van der Waals surface area contributed by atoms with Crippen LogP contribution in [0.3, 0.4) is 0 Å². The molecule has 0 heterocycles. The van der Waals surface area contributed by atoms with Gasteiger partial charge >= 0.3 is 11.9 Å². The van der Waals surface area contributed by atoms with Gasteiger partial charge in [-0.05, 0) is 38.5 Å². The molecule has 0 aliphatic carbocycles. The van der Waals surface area contributed by atoms with Gasteiger partial charge in [0.2, 0.25) is 0 Å². The molecule has 0 aromatic heterocycles. The van der Waals surface area contributed by atoms with Crippen molar-refractivity contribution in [1.29, 1.82) is 0 Å². The van der Waals surface area contributed by atoms with Gasteiger partial charge in [0, 0.05) is 6.42 Å². The van der Waals surface area contributed by atoms with E-state index in [1.54, 1.807) is 0 Å². The number of allylic oxidation sites excluding steroid dienone is 4. The van der Waals surface area contributed by atoms with Crippen LogP contribution in [0.5, 0.6) is 0 Å². The summed E-state index contributed by atoms with van der Waals surface area (Å²) in [5.74, 6) is -1.51. The highest BCUT2D eigenvalue weighted by Gasteiger charge is 2.05. The summed E-state index contributed by atoms with van der Waals surface area (Å²) in [7, 11) is 0. The second-order valence-corrected chi connectivity index (χ2v) is 6.74. The molecule has 0 aromatic rings. The number of carbonyl (C=O) groups excluding carboxylic acids is 1. The summed E-state index contributed by atoms with van der Waals surface area (Å²) in [4.78, 5) is 21.5. The summed E-state index contributed by atoms with van der Waals surface area (Å²) < 4.78 is 4.58. The lowest BCUT2D eigenvalue weighted by atomic mass is 10.1. The molecule has 0 unspecified atom stereocenters. The van der Waals surface area contributed by atoms with E-state index < -0.39 is 18.5 Å². The van der Waals surface area contributed by atoms with Crippen molar-refractivity contribution >= 4 is 11.9 Å². The van der Waals surface area contributed by atoms with Gasteiger partial charge in [0.1, 0.15) is 0 Å². The molecule has 0 spiro atoms. The highest BCUT2D eigenvalue weighted by Crippen LogP contribution is 2.10. The maximum atomic E-state index is 11.2. The molecule has 0 bridgehead atoms. The fourth-order valence-electron chi connectivity index (χ4n) is 2.65. The number of carboxylic acids is 1. The van der Waals surface area contributed by atoms with Crippen LogP contribution in [-0.4, -0.2) is 23.7 Å². The quantitative estimate of drug-likeness (QED) is 0.178. The Morgan fingerprint density at radius 2 is 1.31 bits per heavy atom. The van der Waals surface area contributed by atoms with Crippen LogP contribution in [0.1, 0.15) is 96.8 Å². The average molecular weight is 367 g/mol. The normalized spacial score (nSPS) is 11.4. The van der Waals surface area contributed by atoms with Crippen LogP contribution in [0.25, 0.3) is 0 Å². The minimum atomic E-state index is -1.10. The van der Waals surface area contributed by atoms with Gasteiger partial charge in [0.05, 0.1) is 0 Å². The largest absolute Gasteiger partial charge is 0.479 e. The van der Waals surface area contributed by atoms with Crippen LogP contribution in [0.4, 0.5) is 0 Å². The first-order valence-electron chi connectivity index (χ1n) is 10.3. The number of aliphatic carboxylic acids is 1. The molecule has 1 N–H and O–H groups in total. The predicted molar refractivity (Wildman–Crippen MR) is 107 cm³/mol. The molecule has 0 radical (unpaired) electrons. The lowest BCUT2D eigenvalue weighted by Crippen LogP contribution is -2.12. The maximum Gasteiger partial charge on any atom is 0.341 e. The molecule has 4 heteroatoms. The van der Waals surface area contributed by atoms with Crippen molar-refractivity contribution in [2.45, 2.75) is 96.8 Å². The maximum absolute atomic E-state index is 11.2. The Hall–Kier alpha value is -1.58.